The van der Waals surface area contributed by atoms with Gasteiger partial charge in [-0.25, -0.2) is 0 Å². The first kappa shape index (κ1) is 13.0. The minimum absolute atomic E-state index is 0.0751. The Morgan fingerprint density at radius 3 is 3.24 bits per heavy atom. The van der Waals surface area contributed by atoms with Gasteiger partial charge >= 0.3 is 0 Å². The molecule has 1 N–H and O–H groups in total. The van der Waals surface area contributed by atoms with E-state index in [4.69, 9.17) is 0 Å². The van der Waals surface area contributed by atoms with E-state index >= 15 is 0 Å². The molecule has 0 bridgehead atoms. The molecule has 0 saturated heterocycles. The number of thiophene rings is 1. The standard InChI is InChI=1S/C11H14N2OS3/c1-8(9-3-2-5-15-9)13-10(14)7-17-11-12-4-6-16-11/h2-3,5,8H,4,6-7H2,1H3,(H,13,14)/t8-/m0/s1. The zero-order valence-corrected chi connectivity index (χ0v) is 12.0. The van der Waals surface area contributed by atoms with Crippen LogP contribution >= 0.6 is 34.9 Å². The summed E-state index contributed by atoms with van der Waals surface area (Å²) in [7, 11) is 0. The Labute approximate surface area is 113 Å². The summed E-state index contributed by atoms with van der Waals surface area (Å²) in [6.45, 7) is 2.90. The number of hydrogen-bond donors (Lipinski definition) is 1. The van der Waals surface area contributed by atoms with Crippen LogP contribution in [0.5, 0.6) is 0 Å². The van der Waals surface area contributed by atoms with Crippen molar-refractivity contribution < 1.29 is 4.79 Å². The fourth-order valence-corrected chi connectivity index (χ4v) is 3.98. The molecule has 0 fully saturated rings. The Kier molecular flexibility index (Phi) is 4.94. The van der Waals surface area contributed by atoms with Crippen LogP contribution in [0.3, 0.4) is 0 Å². The summed E-state index contributed by atoms with van der Waals surface area (Å²) in [6, 6.07) is 4.14. The van der Waals surface area contributed by atoms with Gasteiger partial charge in [0.2, 0.25) is 5.91 Å². The van der Waals surface area contributed by atoms with Gasteiger partial charge < -0.3 is 5.32 Å². The van der Waals surface area contributed by atoms with E-state index in [0.29, 0.717) is 5.75 Å². The first-order valence-electron chi connectivity index (χ1n) is 5.38. The molecular weight excluding hydrogens is 272 g/mol. The Balaban J connectivity index is 1.73. The topological polar surface area (TPSA) is 41.5 Å². The zero-order valence-electron chi connectivity index (χ0n) is 9.51. The van der Waals surface area contributed by atoms with Crippen molar-refractivity contribution in [2.24, 2.45) is 4.99 Å². The number of carbonyl (C=O) groups is 1. The normalized spacial score (nSPS) is 16.6. The summed E-state index contributed by atoms with van der Waals surface area (Å²) in [4.78, 5) is 17.2. The number of aliphatic imine (C=N–C) groups is 1. The van der Waals surface area contributed by atoms with E-state index in [1.165, 1.54) is 16.6 Å². The van der Waals surface area contributed by atoms with Gasteiger partial charge in [-0.15, -0.1) is 11.3 Å². The van der Waals surface area contributed by atoms with E-state index in [1.807, 2.05) is 24.4 Å². The van der Waals surface area contributed by atoms with Gasteiger partial charge in [-0.2, -0.15) is 0 Å². The summed E-state index contributed by atoms with van der Waals surface area (Å²) < 4.78 is 1.05. The highest BCUT2D eigenvalue weighted by Crippen LogP contribution is 2.22. The number of amides is 1. The molecule has 0 spiro atoms. The molecule has 92 valence electrons. The minimum atomic E-state index is 0.0751. The molecule has 6 heteroatoms. The molecule has 1 aromatic heterocycles. The molecule has 0 aliphatic carbocycles. The van der Waals surface area contributed by atoms with E-state index in [1.54, 1.807) is 23.1 Å². The quantitative estimate of drug-likeness (QED) is 0.925. The van der Waals surface area contributed by atoms with Crippen LogP contribution in [0.15, 0.2) is 22.5 Å². The Hall–Kier alpha value is -0.460. The number of nitrogens with zero attached hydrogens (tertiary/aromatic N) is 1. The molecule has 0 aromatic carbocycles. The molecule has 1 aliphatic rings. The van der Waals surface area contributed by atoms with Gasteiger partial charge in [0, 0.05) is 10.6 Å². The third kappa shape index (κ3) is 4.04. The number of thioether (sulfide) groups is 2. The number of hydrogen-bond acceptors (Lipinski definition) is 5. The molecule has 1 aliphatic heterocycles. The molecule has 2 rings (SSSR count). The molecule has 0 unspecified atom stereocenters. The molecule has 1 aromatic rings. The van der Waals surface area contributed by atoms with E-state index < -0.39 is 0 Å². The lowest BCUT2D eigenvalue weighted by molar-refractivity contribution is -0.119. The fraction of sp³-hybridized carbons (Fsp3) is 0.455. The highest BCUT2D eigenvalue weighted by atomic mass is 32.2. The number of rotatable bonds is 4. The van der Waals surface area contributed by atoms with Gasteiger partial charge in [0.1, 0.15) is 4.38 Å². The number of nitrogens with one attached hydrogen (secondary N) is 1. The maximum Gasteiger partial charge on any atom is 0.230 e. The first-order chi connectivity index (χ1) is 8.25. The fourth-order valence-electron chi connectivity index (χ4n) is 1.42. The smallest absolute Gasteiger partial charge is 0.230 e. The second-order valence-corrected chi connectivity index (χ2v) is 6.87. The average Bonchev–Trinajstić information content (AvgIpc) is 2.99. The third-order valence-electron chi connectivity index (χ3n) is 2.23. The Morgan fingerprint density at radius 2 is 2.59 bits per heavy atom. The van der Waals surface area contributed by atoms with Crippen LogP contribution in [0.2, 0.25) is 0 Å². The van der Waals surface area contributed by atoms with Crippen LogP contribution in [-0.2, 0) is 4.79 Å². The minimum Gasteiger partial charge on any atom is -0.348 e. The van der Waals surface area contributed by atoms with E-state index in [0.717, 1.165) is 16.7 Å². The van der Waals surface area contributed by atoms with Gasteiger partial charge in [0.25, 0.3) is 0 Å². The van der Waals surface area contributed by atoms with Crippen molar-refractivity contribution in [1.29, 1.82) is 0 Å². The van der Waals surface area contributed by atoms with Gasteiger partial charge in [-0.05, 0) is 18.4 Å². The van der Waals surface area contributed by atoms with Crippen molar-refractivity contribution in [1.82, 2.24) is 5.32 Å². The summed E-state index contributed by atoms with van der Waals surface area (Å²) in [6.07, 6.45) is 0. The van der Waals surface area contributed by atoms with E-state index in [-0.39, 0.29) is 11.9 Å². The third-order valence-corrected chi connectivity index (χ3v) is 5.54. The predicted octanol–water partition coefficient (Wildman–Crippen LogP) is 2.76. The molecule has 1 amide bonds. The van der Waals surface area contributed by atoms with Crippen molar-refractivity contribution in [3.63, 3.8) is 0 Å². The van der Waals surface area contributed by atoms with Crippen molar-refractivity contribution in [2.75, 3.05) is 18.1 Å². The van der Waals surface area contributed by atoms with Crippen molar-refractivity contribution in [2.45, 2.75) is 13.0 Å². The SMILES string of the molecule is C[C@H](NC(=O)CSC1=NCCS1)c1cccs1. The zero-order chi connectivity index (χ0) is 12.1. The number of carbonyl (C=O) groups excluding carboxylic acids is 1. The lowest BCUT2D eigenvalue weighted by atomic mass is 10.3. The lowest BCUT2D eigenvalue weighted by Crippen LogP contribution is -2.27. The molecule has 0 radical (unpaired) electrons. The predicted molar refractivity (Wildman–Crippen MR) is 78.1 cm³/mol. The van der Waals surface area contributed by atoms with Crippen molar-refractivity contribution in [3.05, 3.63) is 22.4 Å². The molecule has 0 saturated carbocycles. The molecule has 17 heavy (non-hydrogen) atoms. The highest BCUT2D eigenvalue weighted by molar-refractivity contribution is 8.39. The van der Waals surface area contributed by atoms with Gasteiger partial charge in [-0.3, -0.25) is 9.79 Å². The monoisotopic (exact) mass is 286 g/mol. The van der Waals surface area contributed by atoms with Crippen LogP contribution in [0.25, 0.3) is 0 Å². The summed E-state index contributed by atoms with van der Waals surface area (Å²) in [5, 5.41) is 5.02. The second-order valence-electron chi connectivity index (χ2n) is 3.59. The highest BCUT2D eigenvalue weighted by Gasteiger charge is 2.13. The summed E-state index contributed by atoms with van der Waals surface area (Å²) in [5.41, 5.74) is 0. The van der Waals surface area contributed by atoms with Gasteiger partial charge in [0.05, 0.1) is 18.3 Å². The van der Waals surface area contributed by atoms with E-state index in [9.17, 15) is 4.79 Å². The molecular formula is C11H14N2OS3. The summed E-state index contributed by atoms with van der Waals surface area (Å²) >= 11 is 4.94. The first-order valence-corrected chi connectivity index (χ1v) is 8.23. The molecule has 3 nitrogen and oxygen atoms in total. The molecule has 1 atom stereocenters. The van der Waals surface area contributed by atoms with Crippen LogP contribution in [0, 0.1) is 0 Å². The summed E-state index contributed by atoms with van der Waals surface area (Å²) in [5.74, 6) is 1.59. The molecule has 2 heterocycles. The lowest BCUT2D eigenvalue weighted by Gasteiger charge is -2.11. The van der Waals surface area contributed by atoms with Gasteiger partial charge in [0.15, 0.2) is 0 Å². The van der Waals surface area contributed by atoms with Crippen LogP contribution in [0.1, 0.15) is 17.8 Å². The van der Waals surface area contributed by atoms with Crippen LogP contribution in [0.4, 0.5) is 0 Å². The average molecular weight is 286 g/mol. The Morgan fingerprint density at radius 1 is 1.71 bits per heavy atom. The largest absolute Gasteiger partial charge is 0.348 e. The maximum atomic E-state index is 11.7. The van der Waals surface area contributed by atoms with E-state index in [2.05, 4.69) is 10.3 Å². The van der Waals surface area contributed by atoms with Crippen LogP contribution in [-0.4, -0.2) is 28.3 Å². The maximum absolute atomic E-state index is 11.7. The second kappa shape index (κ2) is 6.47. The van der Waals surface area contributed by atoms with Crippen molar-refractivity contribution in [3.8, 4) is 0 Å². The van der Waals surface area contributed by atoms with Gasteiger partial charge in [-0.1, -0.05) is 29.6 Å². The van der Waals surface area contributed by atoms with Crippen LogP contribution < -0.4 is 5.32 Å². The van der Waals surface area contributed by atoms with Crippen molar-refractivity contribution >= 4 is 45.1 Å². The Bertz CT molecular complexity index is 403.